The number of carbonyl (C=O) groups excluding carboxylic acids is 2. The minimum Gasteiger partial charge on any atom is -0.497 e. The standard InChI is InChI=1S/C22H23Cl2N5O4S/c1-3-29-20(18(11-30)26-21(32)13-4-6-17(33-2)7-5-13)27-28-22(29)34-12-19(31)25-16-9-14(23)8-15(24)10-16/h4-10,18,30H,3,11-12H2,1-2H3,(H,25,31)(H,26,32)/t18-/m1/s1. The van der Waals surface area contributed by atoms with Crippen LogP contribution in [0.15, 0.2) is 47.6 Å². The van der Waals surface area contributed by atoms with Crippen molar-refractivity contribution < 1.29 is 19.4 Å². The number of halogens is 2. The van der Waals surface area contributed by atoms with Crippen LogP contribution in [-0.2, 0) is 11.3 Å². The number of rotatable bonds is 10. The fourth-order valence-electron chi connectivity index (χ4n) is 3.09. The molecule has 12 heteroatoms. The number of benzene rings is 2. The molecular formula is C22H23Cl2N5O4S. The van der Waals surface area contributed by atoms with Crippen LogP contribution in [0.25, 0.3) is 0 Å². The van der Waals surface area contributed by atoms with Gasteiger partial charge in [-0.2, -0.15) is 0 Å². The van der Waals surface area contributed by atoms with E-state index in [-0.39, 0.29) is 24.2 Å². The van der Waals surface area contributed by atoms with Crippen LogP contribution in [-0.4, -0.2) is 51.2 Å². The Morgan fingerprint density at radius 3 is 2.41 bits per heavy atom. The lowest BCUT2D eigenvalue weighted by Crippen LogP contribution is -2.32. The molecule has 0 aliphatic carbocycles. The van der Waals surface area contributed by atoms with Gasteiger partial charge < -0.3 is 25.0 Å². The molecule has 0 fully saturated rings. The van der Waals surface area contributed by atoms with E-state index in [9.17, 15) is 14.7 Å². The summed E-state index contributed by atoms with van der Waals surface area (Å²) in [6.45, 7) is 1.98. The Hall–Kier alpha value is -2.79. The highest BCUT2D eigenvalue weighted by molar-refractivity contribution is 7.99. The molecule has 0 saturated heterocycles. The first-order valence-corrected chi connectivity index (χ1v) is 12.0. The predicted molar refractivity (Wildman–Crippen MR) is 132 cm³/mol. The molecule has 1 heterocycles. The molecule has 2 aromatic carbocycles. The van der Waals surface area contributed by atoms with Gasteiger partial charge in [0.2, 0.25) is 5.91 Å². The number of nitrogens with zero attached hydrogens (tertiary/aromatic N) is 3. The molecule has 3 aromatic rings. The van der Waals surface area contributed by atoms with Gasteiger partial charge in [-0.15, -0.1) is 10.2 Å². The Labute approximate surface area is 210 Å². The van der Waals surface area contributed by atoms with Crippen LogP contribution in [0.2, 0.25) is 10.0 Å². The zero-order chi connectivity index (χ0) is 24.7. The first-order chi connectivity index (χ1) is 16.3. The first kappa shape index (κ1) is 25.8. The van der Waals surface area contributed by atoms with E-state index in [0.29, 0.717) is 44.6 Å². The molecule has 0 aliphatic heterocycles. The lowest BCUT2D eigenvalue weighted by atomic mass is 10.2. The molecule has 0 unspecified atom stereocenters. The largest absolute Gasteiger partial charge is 0.497 e. The number of thioether (sulfide) groups is 1. The molecule has 0 saturated carbocycles. The fourth-order valence-corrected chi connectivity index (χ4v) is 4.43. The van der Waals surface area contributed by atoms with Crippen molar-refractivity contribution in [3.8, 4) is 5.75 Å². The summed E-state index contributed by atoms with van der Waals surface area (Å²) in [5, 5.41) is 25.0. The van der Waals surface area contributed by atoms with Gasteiger partial charge in [0.1, 0.15) is 11.8 Å². The zero-order valence-corrected chi connectivity index (χ0v) is 20.7. The fraction of sp³-hybridized carbons (Fsp3) is 0.273. The van der Waals surface area contributed by atoms with Crippen molar-refractivity contribution in [3.05, 3.63) is 63.9 Å². The number of amides is 2. The third-order valence-corrected chi connectivity index (χ3v) is 6.10. The number of carbonyl (C=O) groups is 2. The molecule has 0 spiro atoms. The van der Waals surface area contributed by atoms with Crippen LogP contribution < -0.4 is 15.4 Å². The van der Waals surface area contributed by atoms with E-state index in [1.165, 1.54) is 11.8 Å². The molecule has 0 aliphatic rings. The van der Waals surface area contributed by atoms with Crippen LogP contribution in [0.1, 0.15) is 29.1 Å². The summed E-state index contributed by atoms with van der Waals surface area (Å²) in [5.74, 6) is 0.425. The molecule has 3 rings (SSSR count). The van der Waals surface area contributed by atoms with Crippen LogP contribution in [0.3, 0.4) is 0 Å². The Kier molecular flexibility index (Phi) is 9.17. The second kappa shape index (κ2) is 12.1. The van der Waals surface area contributed by atoms with Crippen LogP contribution in [0.4, 0.5) is 5.69 Å². The number of hydrogen-bond acceptors (Lipinski definition) is 7. The van der Waals surface area contributed by atoms with Crippen molar-refractivity contribution >= 4 is 52.5 Å². The van der Waals surface area contributed by atoms with E-state index in [1.807, 2.05) is 6.92 Å². The summed E-state index contributed by atoms with van der Waals surface area (Å²) in [7, 11) is 1.54. The number of ether oxygens (including phenoxy) is 1. The Morgan fingerprint density at radius 1 is 1.15 bits per heavy atom. The third kappa shape index (κ3) is 6.63. The summed E-state index contributed by atoms with van der Waals surface area (Å²) in [5.41, 5.74) is 0.900. The quantitative estimate of drug-likeness (QED) is 0.345. The molecule has 1 aromatic heterocycles. The van der Waals surface area contributed by atoms with Crippen molar-refractivity contribution in [2.75, 3.05) is 24.8 Å². The number of hydrogen-bond donors (Lipinski definition) is 3. The number of aliphatic hydroxyl groups is 1. The van der Waals surface area contributed by atoms with Crippen molar-refractivity contribution in [2.24, 2.45) is 0 Å². The van der Waals surface area contributed by atoms with Crippen LogP contribution in [0.5, 0.6) is 5.75 Å². The zero-order valence-electron chi connectivity index (χ0n) is 18.4. The molecule has 0 bridgehead atoms. The number of aromatic nitrogens is 3. The van der Waals surface area contributed by atoms with E-state index in [4.69, 9.17) is 27.9 Å². The van der Waals surface area contributed by atoms with E-state index >= 15 is 0 Å². The minimum atomic E-state index is -0.779. The highest BCUT2D eigenvalue weighted by atomic mass is 35.5. The van der Waals surface area contributed by atoms with E-state index in [0.717, 1.165) is 0 Å². The monoisotopic (exact) mass is 523 g/mol. The molecule has 0 radical (unpaired) electrons. The van der Waals surface area contributed by atoms with Gasteiger partial charge in [-0.1, -0.05) is 35.0 Å². The van der Waals surface area contributed by atoms with Crippen molar-refractivity contribution in [2.45, 2.75) is 24.7 Å². The minimum absolute atomic E-state index is 0.0598. The second-order valence-electron chi connectivity index (χ2n) is 7.02. The lowest BCUT2D eigenvalue weighted by Gasteiger charge is -2.17. The number of anilines is 1. The van der Waals surface area contributed by atoms with Gasteiger partial charge in [0.25, 0.3) is 5.91 Å². The van der Waals surface area contributed by atoms with Crippen molar-refractivity contribution in [1.82, 2.24) is 20.1 Å². The molecule has 2 amide bonds. The third-order valence-electron chi connectivity index (χ3n) is 4.69. The first-order valence-electron chi connectivity index (χ1n) is 10.2. The molecule has 3 N–H and O–H groups in total. The van der Waals surface area contributed by atoms with Gasteiger partial charge >= 0.3 is 0 Å². The van der Waals surface area contributed by atoms with Gasteiger partial charge in [-0.3, -0.25) is 9.59 Å². The van der Waals surface area contributed by atoms with E-state index in [2.05, 4.69) is 20.8 Å². The van der Waals surface area contributed by atoms with Crippen LogP contribution >= 0.6 is 35.0 Å². The van der Waals surface area contributed by atoms with Crippen LogP contribution in [0, 0.1) is 0 Å². The normalized spacial score (nSPS) is 11.7. The van der Waals surface area contributed by atoms with Crippen molar-refractivity contribution in [3.63, 3.8) is 0 Å². The Balaban J connectivity index is 1.66. The average Bonchev–Trinajstić information content (AvgIpc) is 3.23. The van der Waals surface area contributed by atoms with E-state index in [1.54, 1.807) is 54.1 Å². The Morgan fingerprint density at radius 2 is 1.82 bits per heavy atom. The Bertz CT molecular complexity index is 1140. The second-order valence-corrected chi connectivity index (χ2v) is 8.83. The van der Waals surface area contributed by atoms with Crippen molar-refractivity contribution in [1.29, 1.82) is 0 Å². The summed E-state index contributed by atoms with van der Waals surface area (Å²) < 4.78 is 6.84. The molecule has 180 valence electrons. The summed E-state index contributed by atoms with van der Waals surface area (Å²) in [4.78, 5) is 25.0. The average molecular weight is 524 g/mol. The maximum absolute atomic E-state index is 12.6. The smallest absolute Gasteiger partial charge is 0.251 e. The van der Waals surface area contributed by atoms with Gasteiger partial charge in [0.05, 0.1) is 19.5 Å². The summed E-state index contributed by atoms with van der Waals surface area (Å²) in [6, 6.07) is 10.6. The number of nitrogens with one attached hydrogen (secondary N) is 2. The van der Waals surface area contributed by atoms with Gasteiger partial charge in [0.15, 0.2) is 11.0 Å². The number of methoxy groups -OCH3 is 1. The number of aliphatic hydroxyl groups excluding tert-OH is 1. The molecule has 34 heavy (non-hydrogen) atoms. The lowest BCUT2D eigenvalue weighted by molar-refractivity contribution is -0.113. The predicted octanol–water partition coefficient (Wildman–Crippen LogP) is 3.81. The van der Waals surface area contributed by atoms with Gasteiger partial charge in [0, 0.05) is 27.8 Å². The highest BCUT2D eigenvalue weighted by Gasteiger charge is 2.23. The topological polar surface area (TPSA) is 118 Å². The highest BCUT2D eigenvalue weighted by Crippen LogP contribution is 2.24. The molecule has 1 atom stereocenters. The summed E-state index contributed by atoms with van der Waals surface area (Å²) in [6.07, 6.45) is 0. The van der Waals surface area contributed by atoms with Gasteiger partial charge in [-0.05, 0) is 49.4 Å². The summed E-state index contributed by atoms with van der Waals surface area (Å²) >= 11 is 13.1. The molecular weight excluding hydrogens is 501 g/mol. The van der Waals surface area contributed by atoms with E-state index < -0.39 is 6.04 Å². The van der Waals surface area contributed by atoms with Gasteiger partial charge in [-0.25, -0.2) is 0 Å². The molecule has 9 nitrogen and oxygen atoms in total. The maximum atomic E-state index is 12.6. The maximum Gasteiger partial charge on any atom is 0.251 e. The SMILES string of the molecule is CCn1c(SCC(=O)Nc2cc(Cl)cc(Cl)c2)nnc1[C@@H](CO)NC(=O)c1ccc(OC)cc1.